The van der Waals surface area contributed by atoms with Gasteiger partial charge in [0.1, 0.15) is 0 Å². The van der Waals surface area contributed by atoms with Gasteiger partial charge in [-0.15, -0.1) is 0 Å². The molecule has 1 saturated heterocycles. The second-order valence-electron chi connectivity index (χ2n) is 7.17. The summed E-state index contributed by atoms with van der Waals surface area (Å²) < 4.78 is 26.8. The average Bonchev–Trinajstić information content (AvgIpc) is 2.69. The molecular formula is C21H28N3O3S+. The number of rotatable bonds is 7. The van der Waals surface area contributed by atoms with E-state index >= 15 is 0 Å². The topological polar surface area (TPSA) is 70.9 Å². The molecule has 6 nitrogen and oxygen atoms in total. The van der Waals surface area contributed by atoms with Gasteiger partial charge in [0, 0.05) is 5.69 Å². The van der Waals surface area contributed by atoms with Crippen LogP contribution in [0.4, 0.5) is 5.69 Å². The molecule has 2 aromatic rings. The molecule has 1 amide bonds. The van der Waals surface area contributed by atoms with Crippen LogP contribution in [0.5, 0.6) is 0 Å². The molecule has 1 fully saturated rings. The third-order valence-electron chi connectivity index (χ3n) is 5.07. The largest absolute Gasteiger partial charge is 0.325 e. The molecule has 3 rings (SSSR count). The number of nitrogens with zero attached hydrogens (tertiary/aromatic N) is 1. The summed E-state index contributed by atoms with van der Waals surface area (Å²) in [4.78, 5) is 13.4. The first-order valence-electron chi connectivity index (χ1n) is 9.70. The first kappa shape index (κ1) is 20.5. The van der Waals surface area contributed by atoms with Crippen LogP contribution in [-0.4, -0.2) is 51.4 Å². The van der Waals surface area contributed by atoms with Crippen molar-refractivity contribution in [2.24, 2.45) is 0 Å². The van der Waals surface area contributed by atoms with Crippen molar-refractivity contribution in [1.82, 2.24) is 4.31 Å². The number of carbonyl (C=O) groups is 1. The lowest BCUT2D eigenvalue weighted by Crippen LogP contribution is -3.15. The molecule has 0 aromatic heterocycles. The number of sulfonamides is 1. The highest BCUT2D eigenvalue weighted by Crippen LogP contribution is 2.11. The molecule has 0 radical (unpaired) electrons. The zero-order valence-electron chi connectivity index (χ0n) is 16.2. The number of aryl methyl sites for hydroxylation is 1. The molecule has 0 saturated carbocycles. The van der Waals surface area contributed by atoms with Crippen molar-refractivity contribution in [3.8, 4) is 0 Å². The predicted octanol–water partition coefficient (Wildman–Crippen LogP) is 0.918. The highest BCUT2D eigenvalue weighted by molar-refractivity contribution is 7.88. The summed E-state index contributed by atoms with van der Waals surface area (Å²) in [5.41, 5.74) is 2.83. The van der Waals surface area contributed by atoms with Gasteiger partial charge in [0.15, 0.2) is 6.54 Å². The average molecular weight is 403 g/mol. The molecule has 0 aliphatic carbocycles. The Morgan fingerprint density at radius 1 is 1.00 bits per heavy atom. The molecule has 2 aromatic carbocycles. The molecule has 28 heavy (non-hydrogen) atoms. The Bertz CT molecular complexity index is 875. The van der Waals surface area contributed by atoms with E-state index in [1.807, 2.05) is 54.6 Å². The van der Waals surface area contributed by atoms with Gasteiger partial charge < -0.3 is 10.2 Å². The molecule has 150 valence electrons. The molecule has 1 aliphatic rings. The monoisotopic (exact) mass is 402 g/mol. The number of quaternary nitrogens is 1. The lowest BCUT2D eigenvalue weighted by Gasteiger charge is -2.31. The molecule has 0 atom stereocenters. The molecule has 0 unspecified atom stereocenters. The van der Waals surface area contributed by atoms with E-state index in [1.54, 1.807) is 4.31 Å². The molecule has 0 spiro atoms. The van der Waals surface area contributed by atoms with Crippen LogP contribution in [0.3, 0.4) is 0 Å². The van der Waals surface area contributed by atoms with E-state index in [2.05, 4.69) is 12.2 Å². The van der Waals surface area contributed by atoms with E-state index in [9.17, 15) is 13.2 Å². The Morgan fingerprint density at radius 2 is 1.64 bits per heavy atom. The van der Waals surface area contributed by atoms with Crippen LogP contribution in [0.25, 0.3) is 0 Å². The van der Waals surface area contributed by atoms with E-state index in [0.29, 0.717) is 32.7 Å². The first-order chi connectivity index (χ1) is 13.5. The molecule has 7 heteroatoms. The van der Waals surface area contributed by atoms with Gasteiger partial charge in [-0.3, -0.25) is 4.79 Å². The summed E-state index contributed by atoms with van der Waals surface area (Å²) in [5.74, 6) is -0.0166. The summed E-state index contributed by atoms with van der Waals surface area (Å²) in [7, 11) is -3.32. The van der Waals surface area contributed by atoms with Crippen LogP contribution in [-0.2, 0) is 27.0 Å². The van der Waals surface area contributed by atoms with Crippen molar-refractivity contribution in [2.75, 3.05) is 38.0 Å². The second kappa shape index (κ2) is 9.32. The van der Waals surface area contributed by atoms with Crippen molar-refractivity contribution >= 4 is 21.6 Å². The molecule has 0 bridgehead atoms. The Kier molecular flexibility index (Phi) is 6.83. The highest BCUT2D eigenvalue weighted by Gasteiger charge is 2.29. The Labute approximate surface area is 167 Å². The summed E-state index contributed by atoms with van der Waals surface area (Å²) in [5, 5.41) is 2.92. The van der Waals surface area contributed by atoms with Gasteiger partial charge in [0.05, 0.1) is 31.9 Å². The number of carbonyl (C=O) groups excluding carboxylic acids is 1. The lowest BCUT2D eigenvalue weighted by atomic mass is 10.1. The Hall–Kier alpha value is -2.22. The summed E-state index contributed by atoms with van der Waals surface area (Å²) in [6.45, 7) is 4.61. The minimum atomic E-state index is -3.32. The number of anilines is 1. The summed E-state index contributed by atoms with van der Waals surface area (Å²) in [6, 6.07) is 17.1. The first-order valence-corrected chi connectivity index (χ1v) is 11.3. The van der Waals surface area contributed by atoms with Gasteiger partial charge in [0.2, 0.25) is 10.0 Å². The van der Waals surface area contributed by atoms with Crippen molar-refractivity contribution in [2.45, 2.75) is 19.1 Å². The SMILES string of the molecule is CCc1ccc(NC(=O)C[NH+]2CCN(S(=O)(=O)Cc3ccccc3)CC2)cc1. The van der Waals surface area contributed by atoms with Crippen molar-refractivity contribution in [3.63, 3.8) is 0 Å². The van der Waals surface area contributed by atoms with Gasteiger partial charge in [-0.05, 0) is 29.7 Å². The fourth-order valence-corrected chi connectivity index (χ4v) is 4.92. The fraction of sp³-hybridized carbons (Fsp3) is 0.381. The van der Waals surface area contributed by atoms with Gasteiger partial charge in [-0.2, -0.15) is 4.31 Å². The quantitative estimate of drug-likeness (QED) is 0.724. The molecule has 1 heterocycles. The predicted molar refractivity (Wildman–Crippen MR) is 111 cm³/mol. The maximum absolute atomic E-state index is 12.6. The fourth-order valence-electron chi connectivity index (χ4n) is 3.39. The number of hydrogen-bond acceptors (Lipinski definition) is 3. The second-order valence-corrected chi connectivity index (χ2v) is 9.14. The number of amides is 1. The van der Waals surface area contributed by atoms with Crippen LogP contribution in [0, 0.1) is 0 Å². The zero-order valence-corrected chi connectivity index (χ0v) is 17.0. The number of nitrogens with one attached hydrogen (secondary N) is 2. The molecular weight excluding hydrogens is 374 g/mol. The van der Waals surface area contributed by atoms with Crippen LogP contribution < -0.4 is 10.2 Å². The Balaban J connectivity index is 1.47. The van der Waals surface area contributed by atoms with Crippen LogP contribution in [0.2, 0.25) is 0 Å². The van der Waals surface area contributed by atoms with E-state index in [-0.39, 0.29) is 11.7 Å². The van der Waals surface area contributed by atoms with Crippen LogP contribution in [0.1, 0.15) is 18.1 Å². The normalized spacial score (nSPS) is 16.0. The van der Waals surface area contributed by atoms with E-state index in [4.69, 9.17) is 0 Å². The van der Waals surface area contributed by atoms with Crippen molar-refractivity contribution in [3.05, 3.63) is 65.7 Å². The number of piperazine rings is 1. The smallest absolute Gasteiger partial charge is 0.279 e. The number of hydrogen-bond donors (Lipinski definition) is 2. The van der Waals surface area contributed by atoms with Gasteiger partial charge in [0.25, 0.3) is 5.91 Å². The maximum Gasteiger partial charge on any atom is 0.279 e. The maximum atomic E-state index is 12.6. The Morgan fingerprint density at radius 3 is 2.25 bits per heavy atom. The van der Waals surface area contributed by atoms with Gasteiger partial charge >= 0.3 is 0 Å². The lowest BCUT2D eigenvalue weighted by molar-refractivity contribution is -0.895. The van der Waals surface area contributed by atoms with Crippen LogP contribution >= 0.6 is 0 Å². The third-order valence-corrected chi connectivity index (χ3v) is 6.92. The zero-order chi connectivity index (χ0) is 20.0. The summed E-state index contributed by atoms with van der Waals surface area (Å²) in [6.07, 6.45) is 0.968. The minimum absolute atomic E-state index is 0.0252. The van der Waals surface area contributed by atoms with E-state index in [0.717, 1.165) is 22.6 Å². The minimum Gasteiger partial charge on any atom is -0.325 e. The molecule has 2 N–H and O–H groups in total. The van der Waals surface area contributed by atoms with Crippen molar-refractivity contribution in [1.29, 1.82) is 0 Å². The molecule has 1 aliphatic heterocycles. The highest BCUT2D eigenvalue weighted by atomic mass is 32.2. The van der Waals surface area contributed by atoms with Gasteiger partial charge in [-0.25, -0.2) is 8.42 Å². The van der Waals surface area contributed by atoms with Crippen molar-refractivity contribution < 1.29 is 18.1 Å². The standard InChI is InChI=1S/C21H27N3O3S/c1-2-18-8-10-20(11-9-18)22-21(25)16-23-12-14-24(15-13-23)28(26,27)17-19-6-4-3-5-7-19/h3-11H,2,12-17H2,1H3,(H,22,25)/p+1. The van der Waals surface area contributed by atoms with E-state index < -0.39 is 10.0 Å². The number of benzene rings is 2. The third kappa shape index (κ3) is 5.64. The van der Waals surface area contributed by atoms with Gasteiger partial charge in [-0.1, -0.05) is 49.4 Å². The summed E-state index contributed by atoms with van der Waals surface area (Å²) >= 11 is 0. The van der Waals surface area contributed by atoms with E-state index in [1.165, 1.54) is 5.56 Å². The van der Waals surface area contributed by atoms with Crippen LogP contribution in [0.15, 0.2) is 54.6 Å².